The first-order chi connectivity index (χ1) is 11.4. The zero-order valence-electron chi connectivity index (χ0n) is 15.5. The third-order valence-corrected chi connectivity index (χ3v) is 1.88. The fraction of sp³-hybridized carbons (Fsp3) is 0.667. The summed E-state index contributed by atoms with van der Waals surface area (Å²) in [5, 5.41) is 23.6. The van der Waals surface area contributed by atoms with Crippen molar-refractivity contribution in [1.29, 1.82) is 0 Å². The number of ether oxygens (including phenoxy) is 1. The van der Waals surface area contributed by atoms with Gasteiger partial charge in [-0.2, -0.15) is 0 Å². The fourth-order valence-electron chi connectivity index (χ4n) is 0.948. The molecule has 0 rings (SSSR count). The topological polar surface area (TPSA) is 104 Å². The van der Waals surface area contributed by atoms with Gasteiger partial charge in [-0.25, -0.2) is 0 Å². The van der Waals surface area contributed by atoms with Crippen molar-refractivity contribution in [2.24, 2.45) is 0 Å². The van der Waals surface area contributed by atoms with Crippen LogP contribution >= 0.6 is 0 Å². The van der Waals surface area contributed by atoms with Crippen molar-refractivity contribution in [2.45, 2.75) is 59.3 Å². The van der Waals surface area contributed by atoms with Gasteiger partial charge in [0.25, 0.3) is 0 Å². The van der Waals surface area contributed by atoms with Crippen LogP contribution in [0.4, 0.5) is 0 Å². The van der Waals surface area contributed by atoms with Crippen molar-refractivity contribution in [2.75, 3.05) is 19.8 Å². The van der Waals surface area contributed by atoms with E-state index in [0.717, 1.165) is 12.8 Å². The van der Waals surface area contributed by atoms with E-state index in [1.807, 2.05) is 20.8 Å². The molecule has 0 radical (unpaired) electrons. The minimum atomic E-state index is -0.815. The quantitative estimate of drug-likeness (QED) is 0.335. The number of carbonyl (C=O) groups excluding carboxylic acids is 1. The van der Waals surface area contributed by atoms with Gasteiger partial charge in [-0.15, -0.1) is 13.2 Å². The van der Waals surface area contributed by atoms with Gasteiger partial charge in [0.15, 0.2) is 0 Å². The van der Waals surface area contributed by atoms with E-state index < -0.39 is 5.97 Å². The van der Waals surface area contributed by atoms with Gasteiger partial charge in [0.05, 0.1) is 19.8 Å². The number of carboxylic acid groups (broad SMARTS) is 1. The second-order valence-electron chi connectivity index (χ2n) is 4.44. The number of allylic oxidation sites excluding steroid dienone is 2. The SMILES string of the molecule is C=CC.C=CC.CCCCOC(=O)CCCCC(=O)O.OCCO. The lowest BCUT2D eigenvalue weighted by Gasteiger charge is -2.02. The first kappa shape index (κ1) is 30.2. The first-order valence-electron chi connectivity index (χ1n) is 8.14. The van der Waals surface area contributed by atoms with E-state index in [9.17, 15) is 9.59 Å². The number of aliphatic carboxylic acids is 1. The highest BCUT2D eigenvalue weighted by Gasteiger charge is 2.03. The van der Waals surface area contributed by atoms with E-state index in [1.165, 1.54) is 0 Å². The van der Waals surface area contributed by atoms with Crippen molar-refractivity contribution >= 4 is 11.9 Å². The summed E-state index contributed by atoms with van der Waals surface area (Å²) in [4.78, 5) is 21.1. The van der Waals surface area contributed by atoms with Crippen LogP contribution in [-0.4, -0.2) is 47.1 Å². The Morgan fingerprint density at radius 3 is 1.71 bits per heavy atom. The number of rotatable bonds is 9. The van der Waals surface area contributed by atoms with Crippen molar-refractivity contribution in [1.82, 2.24) is 0 Å². The third-order valence-electron chi connectivity index (χ3n) is 1.88. The smallest absolute Gasteiger partial charge is 0.305 e. The largest absolute Gasteiger partial charge is 0.481 e. The molecule has 0 atom stereocenters. The highest BCUT2D eigenvalue weighted by Crippen LogP contribution is 2.01. The Hall–Kier alpha value is -1.66. The van der Waals surface area contributed by atoms with Crippen LogP contribution in [0.15, 0.2) is 25.3 Å². The van der Waals surface area contributed by atoms with Gasteiger partial charge in [-0.3, -0.25) is 9.59 Å². The minimum Gasteiger partial charge on any atom is -0.481 e. The number of carboxylic acids is 1. The molecule has 0 aliphatic carbocycles. The fourth-order valence-corrected chi connectivity index (χ4v) is 0.948. The normalized spacial score (nSPS) is 8.04. The van der Waals surface area contributed by atoms with Crippen LogP contribution in [0.3, 0.4) is 0 Å². The van der Waals surface area contributed by atoms with Gasteiger partial charge in [0.2, 0.25) is 0 Å². The molecule has 0 aromatic heterocycles. The number of aliphatic hydroxyl groups is 2. The molecule has 0 fully saturated rings. The highest BCUT2D eigenvalue weighted by atomic mass is 16.5. The summed E-state index contributed by atoms with van der Waals surface area (Å²) in [6.07, 6.45) is 6.99. The van der Waals surface area contributed by atoms with Crippen molar-refractivity contribution in [3.63, 3.8) is 0 Å². The molecule has 0 aliphatic rings. The third kappa shape index (κ3) is 59.2. The van der Waals surface area contributed by atoms with Gasteiger partial charge in [0, 0.05) is 12.8 Å². The van der Waals surface area contributed by atoms with E-state index in [2.05, 4.69) is 13.2 Å². The van der Waals surface area contributed by atoms with Crippen LogP contribution in [0, 0.1) is 0 Å². The molecule has 6 heteroatoms. The molecule has 0 spiro atoms. The summed E-state index contributed by atoms with van der Waals surface area (Å²) in [6.45, 7) is 12.8. The van der Waals surface area contributed by atoms with Gasteiger partial charge >= 0.3 is 11.9 Å². The van der Waals surface area contributed by atoms with Crippen LogP contribution in [0.5, 0.6) is 0 Å². The predicted molar refractivity (Wildman–Crippen MR) is 97.9 cm³/mol. The summed E-state index contributed by atoms with van der Waals surface area (Å²) >= 11 is 0. The van der Waals surface area contributed by atoms with Gasteiger partial charge < -0.3 is 20.1 Å². The Morgan fingerprint density at radius 1 is 0.958 bits per heavy atom. The summed E-state index contributed by atoms with van der Waals surface area (Å²) in [6, 6.07) is 0. The van der Waals surface area contributed by atoms with E-state index in [4.69, 9.17) is 20.1 Å². The zero-order chi connectivity index (χ0) is 19.6. The minimum absolute atomic E-state index is 0.125. The average Bonchev–Trinajstić information content (AvgIpc) is 2.53. The molecule has 0 amide bonds. The van der Waals surface area contributed by atoms with Crippen molar-refractivity contribution in [3.8, 4) is 0 Å². The molecular formula is C18H36O6. The molecule has 0 aromatic rings. The zero-order valence-corrected chi connectivity index (χ0v) is 15.5. The van der Waals surface area contributed by atoms with E-state index in [0.29, 0.717) is 25.9 Å². The Labute approximate surface area is 146 Å². The standard InChI is InChI=1S/C10H18O4.2C3H6.C2H6O2/c1-2-3-8-14-10(13)7-5-4-6-9(11)12;2*1-3-2;3-1-2-4/h2-8H2,1H3,(H,11,12);2*3H,1H2,2H3;3-4H,1-2H2. The summed E-state index contributed by atoms with van der Waals surface area (Å²) in [7, 11) is 0. The predicted octanol–water partition coefficient (Wildman–Crippen LogP) is 3.33. The van der Waals surface area contributed by atoms with Crippen LogP contribution in [0.25, 0.3) is 0 Å². The van der Waals surface area contributed by atoms with E-state index in [1.54, 1.807) is 12.2 Å². The van der Waals surface area contributed by atoms with Gasteiger partial charge in [0.1, 0.15) is 0 Å². The maximum atomic E-state index is 11.0. The number of unbranched alkanes of at least 4 members (excludes halogenated alkanes) is 2. The lowest BCUT2D eigenvalue weighted by molar-refractivity contribution is -0.144. The van der Waals surface area contributed by atoms with E-state index in [-0.39, 0.29) is 25.6 Å². The molecule has 0 aromatic carbocycles. The molecule has 0 heterocycles. The molecule has 0 aliphatic heterocycles. The summed E-state index contributed by atoms with van der Waals surface area (Å²) in [5.41, 5.74) is 0. The first-order valence-corrected chi connectivity index (χ1v) is 8.14. The number of aliphatic hydroxyl groups excluding tert-OH is 2. The lowest BCUT2D eigenvalue weighted by Crippen LogP contribution is -2.05. The van der Waals surface area contributed by atoms with Crippen LogP contribution in [0.1, 0.15) is 59.3 Å². The Kier molecular flexibility index (Phi) is 41.7. The van der Waals surface area contributed by atoms with Crippen molar-refractivity contribution < 1.29 is 29.6 Å². The number of esters is 1. The van der Waals surface area contributed by atoms with Crippen LogP contribution in [0.2, 0.25) is 0 Å². The Bertz CT molecular complexity index is 269. The number of carbonyl (C=O) groups is 2. The molecule has 0 bridgehead atoms. The molecule has 6 nitrogen and oxygen atoms in total. The maximum absolute atomic E-state index is 11.0. The highest BCUT2D eigenvalue weighted by molar-refractivity contribution is 5.69. The summed E-state index contributed by atoms with van der Waals surface area (Å²) in [5.74, 6) is -1.03. The van der Waals surface area contributed by atoms with Gasteiger partial charge in [-0.05, 0) is 33.1 Å². The molecule has 3 N–H and O–H groups in total. The average molecular weight is 348 g/mol. The molecule has 0 saturated heterocycles. The van der Waals surface area contributed by atoms with Crippen LogP contribution in [-0.2, 0) is 14.3 Å². The van der Waals surface area contributed by atoms with Crippen molar-refractivity contribution in [3.05, 3.63) is 25.3 Å². The molecule has 144 valence electrons. The molecule has 0 unspecified atom stereocenters. The molecule has 0 saturated carbocycles. The molecular weight excluding hydrogens is 312 g/mol. The lowest BCUT2D eigenvalue weighted by atomic mass is 10.2. The van der Waals surface area contributed by atoms with Gasteiger partial charge in [-0.1, -0.05) is 25.5 Å². The second-order valence-corrected chi connectivity index (χ2v) is 4.44. The van der Waals surface area contributed by atoms with E-state index >= 15 is 0 Å². The summed E-state index contributed by atoms with van der Waals surface area (Å²) < 4.78 is 4.90. The Balaban J connectivity index is -0.000000164. The maximum Gasteiger partial charge on any atom is 0.305 e. The molecule has 24 heavy (non-hydrogen) atoms. The number of hydrogen-bond acceptors (Lipinski definition) is 5. The number of hydrogen-bond donors (Lipinski definition) is 3. The monoisotopic (exact) mass is 348 g/mol. The Morgan fingerprint density at radius 2 is 1.38 bits per heavy atom. The van der Waals surface area contributed by atoms with Crippen LogP contribution < -0.4 is 0 Å². The second kappa shape index (κ2) is 33.1.